The molecule has 0 fully saturated rings. The summed E-state index contributed by atoms with van der Waals surface area (Å²) in [6.45, 7) is 15.5. The van der Waals surface area contributed by atoms with Crippen molar-refractivity contribution in [3.63, 3.8) is 0 Å². The molecule has 5 heteroatoms. The van der Waals surface area contributed by atoms with E-state index in [1.807, 2.05) is 32.0 Å². The Kier molecular flexibility index (Phi) is 5.77. The molecule has 4 aromatic rings. The molecule has 36 heavy (non-hydrogen) atoms. The average Bonchev–Trinajstić information content (AvgIpc) is 3.26. The third-order valence-electron chi connectivity index (χ3n) is 7.81. The minimum absolute atomic E-state index is 0.153. The highest BCUT2D eigenvalue weighted by molar-refractivity contribution is 6.02. The van der Waals surface area contributed by atoms with Crippen molar-refractivity contribution in [2.24, 2.45) is 0 Å². The summed E-state index contributed by atoms with van der Waals surface area (Å²) in [6.07, 6.45) is 3.03. The maximum absolute atomic E-state index is 12.9. The zero-order chi connectivity index (χ0) is 25.8. The number of nitrogens with zero attached hydrogens (tertiary/aromatic N) is 2. The van der Waals surface area contributed by atoms with Gasteiger partial charge in [-0.3, -0.25) is 4.79 Å². The lowest BCUT2D eigenvalue weighted by molar-refractivity contribution is 0.0994. The number of carbonyl (C=O) groups is 1. The highest BCUT2D eigenvalue weighted by atomic mass is 16.3. The SMILES string of the molecule is Cc1cc(C)c2ccc(NC(=O)c3ccc(Cc4cc5c(cc4C)C(C)(C)CCC5(C)C)o3)nc2n1. The smallest absolute Gasteiger partial charge is 0.292 e. The van der Waals surface area contributed by atoms with Crippen LogP contribution in [0.25, 0.3) is 11.0 Å². The van der Waals surface area contributed by atoms with Gasteiger partial charge in [0.1, 0.15) is 11.6 Å². The van der Waals surface area contributed by atoms with E-state index in [1.165, 1.54) is 35.1 Å². The molecule has 0 aliphatic heterocycles. The van der Waals surface area contributed by atoms with Crippen LogP contribution in [0.15, 0.2) is 46.9 Å². The Balaban J connectivity index is 1.36. The van der Waals surface area contributed by atoms with E-state index < -0.39 is 0 Å². The van der Waals surface area contributed by atoms with Gasteiger partial charge < -0.3 is 9.73 Å². The second kappa shape index (κ2) is 8.58. The van der Waals surface area contributed by atoms with Crippen molar-refractivity contribution in [1.82, 2.24) is 9.97 Å². The predicted octanol–water partition coefficient (Wildman–Crippen LogP) is 7.34. The van der Waals surface area contributed by atoms with Crippen LogP contribution in [0, 0.1) is 20.8 Å². The summed E-state index contributed by atoms with van der Waals surface area (Å²) in [5.41, 5.74) is 8.38. The number of furan rings is 1. The van der Waals surface area contributed by atoms with Crippen LogP contribution in [0.4, 0.5) is 5.82 Å². The molecule has 5 rings (SSSR count). The number of rotatable bonds is 4. The summed E-state index contributed by atoms with van der Waals surface area (Å²) < 4.78 is 5.98. The molecule has 0 saturated heterocycles. The van der Waals surface area contributed by atoms with Crippen molar-refractivity contribution in [2.75, 3.05) is 5.32 Å². The van der Waals surface area contributed by atoms with Gasteiger partial charge in [-0.1, -0.05) is 39.8 Å². The van der Waals surface area contributed by atoms with Gasteiger partial charge in [0.15, 0.2) is 11.4 Å². The fourth-order valence-corrected chi connectivity index (χ4v) is 5.42. The highest BCUT2D eigenvalue weighted by Crippen LogP contribution is 2.46. The molecule has 3 heterocycles. The molecule has 1 aromatic carbocycles. The van der Waals surface area contributed by atoms with Crippen molar-refractivity contribution in [2.45, 2.75) is 78.6 Å². The number of nitrogens with one attached hydrogen (secondary N) is 1. The van der Waals surface area contributed by atoms with Gasteiger partial charge in [0.2, 0.25) is 0 Å². The monoisotopic (exact) mass is 481 g/mol. The molecular formula is C31H35N3O2. The minimum Gasteiger partial charge on any atom is -0.456 e. The molecule has 5 nitrogen and oxygen atoms in total. The molecule has 3 aromatic heterocycles. The Morgan fingerprint density at radius 3 is 2.31 bits per heavy atom. The molecule has 186 valence electrons. The fourth-order valence-electron chi connectivity index (χ4n) is 5.42. The van der Waals surface area contributed by atoms with Gasteiger partial charge in [0.05, 0.1) is 0 Å². The van der Waals surface area contributed by atoms with E-state index in [0.717, 1.165) is 22.4 Å². The molecule has 1 aliphatic rings. The number of hydrogen-bond donors (Lipinski definition) is 1. The zero-order valence-electron chi connectivity index (χ0n) is 22.4. The maximum atomic E-state index is 12.9. The van der Waals surface area contributed by atoms with Gasteiger partial charge in [-0.15, -0.1) is 0 Å². The standard InChI is InChI=1S/C31H35N3O2/c1-18-15-24-25(31(6,7)13-12-30(24,4)5)17-21(18)16-22-8-10-26(36-22)29(35)34-27-11-9-23-19(2)14-20(3)32-28(23)33-27/h8-11,14-15,17H,12-13,16H2,1-7H3,(H,32,33,34,35). The van der Waals surface area contributed by atoms with E-state index >= 15 is 0 Å². The zero-order valence-corrected chi connectivity index (χ0v) is 22.4. The second-order valence-electron chi connectivity index (χ2n) is 11.6. The van der Waals surface area contributed by atoms with Gasteiger partial charge in [-0.2, -0.15) is 0 Å². The number of benzene rings is 1. The van der Waals surface area contributed by atoms with Crippen molar-refractivity contribution >= 4 is 22.8 Å². The largest absolute Gasteiger partial charge is 0.456 e. The summed E-state index contributed by atoms with van der Waals surface area (Å²) in [7, 11) is 0. The lowest BCUT2D eigenvalue weighted by atomic mass is 9.62. The molecule has 0 saturated carbocycles. The van der Waals surface area contributed by atoms with Crippen LogP contribution in [-0.2, 0) is 17.3 Å². The van der Waals surface area contributed by atoms with Crippen molar-refractivity contribution in [3.05, 3.63) is 87.5 Å². The van der Waals surface area contributed by atoms with Gasteiger partial charge in [-0.25, -0.2) is 9.97 Å². The van der Waals surface area contributed by atoms with Crippen LogP contribution >= 0.6 is 0 Å². The summed E-state index contributed by atoms with van der Waals surface area (Å²) in [4.78, 5) is 21.9. The molecule has 0 radical (unpaired) electrons. The topological polar surface area (TPSA) is 68.0 Å². The van der Waals surface area contributed by atoms with E-state index in [9.17, 15) is 4.79 Å². The summed E-state index contributed by atoms with van der Waals surface area (Å²) >= 11 is 0. The second-order valence-corrected chi connectivity index (χ2v) is 11.6. The molecule has 0 unspecified atom stereocenters. The van der Waals surface area contributed by atoms with Crippen LogP contribution < -0.4 is 5.32 Å². The summed E-state index contributed by atoms with van der Waals surface area (Å²) in [5.74, 6) is 1.19. The highest BCUT2D eigenvalue weighted by Gasteiger charge is 2.37. The first-order valence-electron chi connectivity index (χ1n) is 12.7. The van der Waals surface area contributed by atoms with E-state index in [2.05, 4.69) is 62.0 Å². The Morgan fingerprint density at radius 2 is 1.58 bits per heavy atom. The number of carbonyl (C=O) groups excluding carboxylic acids is 1. The van der Waals surface area contributed by atoms with Crippen molar-refractivity contribution in [3.8, 4) is 0 Å². The van der Waals surface area contributed by atoms with Crippen LogP contribution in [0.1, 0.15) is 90.4 Å². The number of pyridine rings is 2. The predicted molar refractivity (Wildman–Crippen MR) is 145 cm³/mol. The lowest BCUT2D eigenvalue weighted by Gasteiger charge is -2.42. The van der Waals surface area contributed by atoms with Crippen LogP contribution in [0.5, 0.6) is 0 Å². The van der Waals surface area contributed by atoms with Crippen LogP contribution in [-0.4, -0.2) is 15.9 Å². The van der Waals surface area contributed by atoms with Crippen LogP contribution in [0.2, 0.25) is 0 Å². The van der Waals surface area contributed by atoms with Gasteiger partial charge in [-0.05, 0) is 103 Å². The Labute approximate surface area is 213 Å². The van der Waals surface area contributed by atoms with Crippen molar-refractivity contribution in [1.29, 1.82) is 0 Å². The number of anilines is 1. The minimum atomic E-state index is -0.317. The van der Waals surface area contributed by atoms with Gasteiger partial charge >= 0.3 is 0 Å². The van der Waals surface area contributed by atoms with Gasteiger partial charge in [0.25, 0.3) is 5.91 Å². The maximum Gasteiger partial charge on any atom is 0.292 e. The molecule has 1 aliphatic carbocycles. The summed E-state index contributed by atoms with van der Waals surface area (Å²) in [6, 6.07) is 14.1. The Morgan fingerprint density at radius 1 is 0.889 bits per heavy atom. The van der Waals surface area contributed by atoms with Gasteiger partial charge in [0, 0.05) is 17.5 Å². The molecule has 0 spiro atoms. The first-order valence-corrected chi connectivity index (χ1v) is 12.7. The molecule has 0 bridgehead atoms. The van der Waals surface area contributed by atoms with E-state index in [1.54, 1.807) is 12.1 Å². The summed E-state index contributed by atoms with van der Waals surface area (Å²) in [5, 5.41) is 3.83. The Bertz CT molecular complexity index is 1490. The van der Waals surface area contributed by atoms with E-state index in [0.29, 0.717) is 17.9 Å². The third-order valence-corrected chi connectivity index (χ3v) is 7.81. The number of aromatic nitrogens is 2. The van der Waals surface area contributed by atoms with E-state index in [-0.39, 0.29) is 22.5 Å². The first-order chi connectivity index (χ1) is 16.9. The van der Waals surface area contributed by atoms with E-state index in [4.69, 9.17) is 4.42 Å². The quantitative estimate of drug-likeness (QED) is 0.331. The average molecular weight is 482 g/mol. The van der Waals surface area contributed by atoms with Crippen molar-refractivity contribution < 1.29 is 9.21 Å². The third kappa shape index (κ3) is 4.43. The molecule has 1 amide bonds. The number of amides is 1. The first kappa shape index (κ1) is 24.2. The fraction of sp³-hybridized carbons (Fsp3) is 0.387. The number of fused-ring (bicyclic) bond motifs is 2. The molecule has 1 N–H and O–H groups in total. The molecular weight excluding hydrogens is 446 g/mol. The van der Waals surface area contributed by atoms with Crippen LogP contribution in [0.3, 0.4) is 0 Å². The number of aryl methyl sites for hydroxylation is 3. The molecule has 0 atom stereocenters. The normalized spacial score (nSPS) is 16.1. The Hall–Kier alpha value is -3.47. The number of hydrogen-bond acceptors (Lipinski definition) is 4. The lowest BCUT2D eigenvalue weighted by Crippen LogP contribution is -2.34.